The van der Waals surface area contributed by atoms with Crippen LogP contribution in [-0.4, -0.2) is 23.7 Å². The van der Waals surface area contributed by atoms with Gasteiger partial charge in [0.25, 0.3) is 5.56 Å². The maximum Gasteiger partial charge on any atom is 0.260 e. The molecule has 2 aromatic heterocycles. The Balaban J connectivity index is 2.83. The van der Waals surface area contributed by atoms with Crippen molar-refractivity contribution in [1.82, 2.24) is 9.55 Å². The fourth-order valence-corrected chi connectivity index (χ4v) is 3.25. The summed E-state index contributed by atoms with van der Waals surface area (Å²) < 4.78 is 25.6. The van der Waals surface area contributed by atoms with E-state index in [-0.39, 0.29) is 32.1 Å². The second-order valence-electron chi connectivity index (χ2n) is 4.34. The molecule has 0 aliphatic carbocycles. The topological polar surface area (TPSA) is 69.0 Å². The molecule has 0 saturated heterocycles. The molecule has 2 aromatic rings. The zero-order chi connectivity index (χ0) is 15.8. The monoisotopic (exact) mass is 346 g/mol. The summed E-state index contributed by atoms with van der Waals surface area (Å²) in [4.78, 5) is 16.2. The molecule has 0 N–H and O–H groups in total. The van der Waals surface area contributed by atoms with E-state index in [4.69, 9.17) is 23.2 Å². The first-order valence-corrected chi connectivity index (χ1v) is 8.43. The molecule has 21 heavy (non-hydrogen) atoms. The molecule has 5 nitrogen and oxygen atoms in total. The van der Waals surface area contributed by atoms with E-state index >= 15 is 0 Å². The van der Waals surface area contributed by atoms with Crippen LogP contribution in [0.2, 0.25) is 10.2 Å². The van der Waals surface area contributed by atoms with Gasteiger partial charge in [-0.05, 0) is 18.2 Å². The van der Waals surface area contributed by atoms with Crippen LogP contribution in [-0.2, 0) is 16.9 Å². The van der Waals surface area contributed by atoms with Crippen LogP contribution < -0.4 is 5.56 Å². The summed E-state index contributed by atoms with van der Waals surface area (Å²) in [5.41, 5.74) is -0.186. The van der Waals surface area contributed by atoms with Crippen LogP contribution in [0.15, 0.2) is 34.1 Å². The molecule has 2 heterocycles. The molecule has 0 spiro atoms. The Bertz CT molecular complexity index is 860. The quantitative estimate of drug-likeness (QED) is 0.800. The summed E-state index contributed by atoms with van der Waals surface area (Å²) >= 11 is 11.7. The molecule has 0 unspecified atom stereocenters. The largest absolute Gasteiger partial charge is 0.302 e. The van der Waals surface area contributed by atoms with Gasteiger partial charge in [-0.25, -0.2) is 8.42 Å². The molecule has 0 aliphatic heterocycles. The molecule has 0 amide bonds. The molecule has 8 heteroatoms. The summed E-state index contributed by atoms with van der Waals surface area (Å²) in [6, 6.07) is 4.27. The standard InChI is InChI=1S/C13H12Cl2N2O3S/c1-3-21(19,20)10-6-8(14)7-16-12(10)9-4-5-11(15)17(2)13(9)18/h4-7H,3H2,1-2H3. The van der Waals surface area contributed by atoms with E-state index in [1.165, 1.54) is 42.9 Å². The molecule has 0 saturated carbocycles. The molecular formula is C13H12Cl2N2O3S. The van der Waals surface area contributed by atoms with E-state index < -0.39 is 15.4 Å². The minimum absolute atomic E-state index is 0.0584. The van der Waals surface area contributed by atoms with E-state index in [2.05, 4.69) is 4.98 Å². The molecule has 0 radical (unpaired) electrons. The first-order valence-electron chi connectivity index (χ1n) is 6.02. The highest BCUT2D eigenvalue weighted by atomic mass is 35.5. The Hall–Kier alpha value is -1.37. The summed E-state index contributed by atoms with van der Waals surface area (Å²) in [5.74, 6) is -0.115. The van der Waals surface area contributed by atoms with Gasteiger partial charge in [0.05, 0.1) is 26.9 Å². The van der Waals surface area contributed by atoms with Gasteiger partial charge in [-0.3, -0.25) is 9.78 Å². The van der Waals surface area contributed by atoms with Gasteiger partial charge in [-0.2, -0.15) is 0 Å². The van der Waals surface area contributed by atoms with E-state index in [0.29, 0.717) is 0 Å². The minimum atomic E-state index is -3.57. The average molecular weight is 347 g/mol. The predicted octanol–water partition coefficient (Wildman–Crippen LogP) is 2.55. The number of hydrogen-bond acceptors (Lipinski definition) is 4. The number of aromatic nitrogens is 2. The van der Waals surface area contributed by atoms with E-state index in [1.54, 1.807) is 0 Å². The van der Waals surface area contributed by atoms with Gasteiger partial charge >= 0.3 is 0 Å². The normalized spacial score (nSPS) is 11.6. The van der Waals surface area contributed by atoms with Gasteiger partial charge in [-0.1, -0.05) is 30.1 Å². The van der Waals surface area contributed by atoms with Gasteiger partial charge in [0.1, 0.15) is 5.15 Å². The van der Waals surface area contributed by atoms with Crippen LogP contribution in [0.4, 0.5) is 0 Å². The minimum Gasteiger partial charge on any atom is -0.302 e. The lowest BCUT2D eigenvalue weighted by atomic mass is 10.2. The molecular weight excluding hydrogens is 335 g/mol. The third kappa shape index (κ3) is 2.97. The van der Waals surface area contributed by atoms with Crippen LogP contribution in [0, 0.1) is 0 Å². The number of sulfone groups is 1. The highest BCUT2D eigenvalue weighted by molar-refractivity contribution is 7.91. The molecule has 0 atom stereocenters. The van der Waals surface area contributed by atoms with Crippen LogP contribution in [0.5, 0.6) is 0 Å². The van der Waals surface area contributed by atoms with Gasteiger partial charge in [0, 0.05) is 13.2 Å². The highest BCUT2D eigenvalue weighted by Crippen LogP contribution is 2.27. The molecule has 0 aromatic carbocycles. The van der Waals surface area contributed by atoms with Crippen molar-refractivity contribution in [3.8, 4) is 11.3 Å². The Labute approximate surface area is 132 Å². The van der Waals surface area contributed by atoms with Crippen molar-refractivity contribution in [3.05, 3.63) is 44.9 Å². The first-order chi connectivity index (χ1) is 9.77. The lowest BCUT2D eigenvalue weighted by molar-refractivity contribution is 0.597. The second kappa shape index (κ2) is 5.79. The van der Waals surface area contributed by atoms with Gasteiger partial charge < -0.3 is 4.57 Å². The van der Waals surface area contributed by atoms with Crippen molar-refractivity contribution in [2.24, 2.45) is 7.05 Å². The molecule has 0 fully saturated rings. The fraction of sp³-hybridized carbons (Fsp3) is 0.231. The van der Waals surface area contributed by atoms with Gasteiger partial charge in [-0.15, -0.1) is 0 Å². The fourth-order valence-electron chi connectivity index (χ4n) is 1.81. The third-order valence-corrected chi connectivity index (χ3v) is 5.36. The Morgan fingerprint density at radius 3 is 2.57 bits per heavy atom. The third-order valence-electron chi connectivity index (χ3n) is 3.03. The molecule has 0 bridgehead atoms. The average Bonchev–Trinajstić information content (AvgIpc) is 2.45. The first kappa shape index (κ1) is 16.0. The summed E-state index contributed by atoms with van der Waals surface area (Å²) in [6.45, 7) is 1.51. The smallest absolute Gasteiger partial charge is 0.260 e. The van der Waals surface area contributed by atoms with E-state index in [0.717, 1.165) is 0 Å². The van der Waals surface area contributed by atoms with Crippen LogP contribution in [0.25, 0.3) is 11.3 Å². The van der Waals surface area contributed by atoms with Crippen molar-refractivity contribution in [1.29, 1.82) is 0 Å². The van der Waals surface area contributed by atoms with Gasteiger partial charge in [0.15, 0.2) is 9.84 Å². The van der Waals surface area contributed by atoms with Crippen molar-refractivity contribution in [3.63, 3.8) is 0 Å². The van der Waals surface area contributed by atoms with Gasteiger partial charge in [0.2, 0.25) is 0 Å². The van der Waals surface area contributed by atoms with Crippen molar-refractivity contribution in [2.75, 3.05) is 5.75 Å². The highest BCUT2D eigenvalue weighted by Gasteiger charge is 2.22. The predicted molar refractivity (Wildman–Crippen MR) is 82.7 cm³/mol. The Kier molecular flexibility index (Phi) is 4.41. The number of nitrogens with zero attached hydrogens (tertiary/aromatic N) is 2. The second-order valence-corrected chi connectivity index (χ2v) is 7.41. The van der Waals surface area contributed by atoms with Crippen molar-refractivity contribution in [2.45, 2.75) is 11.8 Å². The summed E-state index contributed by atoms with van der Waals surface area (Å²) in [6.07, 6.45) is 1.31. The zero-order valence-electron chi connectivity index (χ0n) is 11.3. The maximum absolute atomic E-state index is 12.3. The van der Waals surface area contributed by atoms with Crippen LogP contribution in [0.3, 0.4) is 0 Å². The SMILES string of the molecule is CCS(=O)(=O)c1cc(Cl)cnc1-c1ccc(Cl)n(C)c1=O. The number of pyridine rings is 2. The molecule has 112 valence electrons. The number of halogens is 2. The van der Waals surface area contributed by atoms with Crippen molar-refractivity contribution < 1.29 is 8.42 Å². The molecule has 2 rings (SSSR count). The van der Waals surface area contributed by atoms with Crippen LogP contribution >= 0.6 is 23.2 Å². The maximum atomic E-state index is 12.3. The Morgan fingerprint density at radius 2 is 1.95 bits per heavy atom. The van der Waals surface area contributed by atoms with E-state index in [9.17, 15) is 13.2 Å². The molecule has 0 aliphatic rings. The summed E-state index contributed by atoms with van der Waals surface area (Å²) in [7, 11) is -2.07. The Morgan fingerprint density at radius 1 is 1.29 bits per heavy atom. The number of rotatable bonds is 3. The zero-order valence-corrected chi connectivity index (χ0v) is 13.6. The lowest BCUT2D eigenvalue weighted by Crippen LogP contribution is -2.20. The lowest BCUT2D eigenvalue weighted by Gasteiger charge is -2.10. The van der Waals surface area contributed by atoms with Crippen LogP contribution in [0.1, 0.15) is 6.92 Å². The van der Waals surface area contributed by atoms with E-state index in [1.807, 2.05) is 0 Å². The summed E-state index contributed by atoms with van der Waals surface area (Å²) in [5, 5.41) is 0.439. The van der Waals surface area contributed by atoms with Crippen molar-refractivity contribution >= 4 is 33.0 Å². The number of hydrogen-bond donors (Lipinski definition) is 0.